The maximum absolute atomic E-state index is 5.34. The number of nitrogens with one attached hydrogen (secondary N) is 1. The molecule has 1 aromatic carbocycles. The van der Waals surface area contributed by atoms with Crippen LogP contribution in [0.2, 0.25) is 0 Å². The monoisotopic (exact) mass is 265 g/mol. The van der Waals surface area contributed by atoms with Crippen LogP contribution >= 0.6 is 0 Å². The second kappa shape index (κ2) is 7.39. The molecule has 0 aliphatic heterocycles. The molecule has 19 heavy (non-hydrogen) atoms. The molecule has 1 rings (SSSR count). The van der Waals surface area contributed by atoms with Crippen molar-refractivity contribution in [1.29, 1.82) is 0 Å². The highest BCUT2D eigenvalue weighted by Crippen LogP contribution is 2.30. The Morgan fingerprint density at radius 2 is 1.63 bits per heavy atom. The van der Waals surface area contributed by atoms with E-state index >= 15 is 0 Å². The first-order chi connectivity index (χ1) is 8.97. The molecule has 0 radical (unpaired) electrons. The largest absolute Gasteiger partial charge is 0.493 e. The molecule has 0 aromatic heterocycles. The summed E-state index contributed by atoms with van der Waals surface area (Å²) in [5.41, 5.74) is 1.22. The normalized spacial score (nSPS) is 14.3. The minimum absolute atomic E-state index is 0.300. The van der Waals surface area contributed by atoms with Gasteiger partial charge in [-0.1, -0.05) is 19.9 Å². The van der Waals surface area contributed by atoms with Crippen molar-refractivity contribution in [1.82, 2.24) is 5.32 Å². The van der Waals surface area contributed by atoms with Gasteiger partial charge in [-0.05, 0) is 43.9 Å². The molecule has 0 saturated carbocycles. The molecular weight excluding hydrogens is 238 g/mol. The molecule has 108 valence electrons. The first-order valence-electron chi connectivity index (χ1n) is 6.95. The van der Waals surface area contributed by atoms with Crippen molar-refractivity contribution < 1.29 is 9.47 Å². The van der Waals surface area contributed by atoms with Gasteiger partial charge in [-0.2, -0.15) is 0 Å². The van der Waals surface area contributed by atoms with Gasteiger partial charge < -0.3 is 14.8 Å². The summed E-state index contributed by atoms with van der Waals surface area (Å²) in [5, 5.41) is 3.62. The fraction of sp³-hybridized carbons (Fsp3) is 0.625. The predicted octanol–water partition coefficient (Wildman–Crippen LogP) is 3.79. The fourth-order valence-corrected chi connectivity index (χ4v) is 2.42. The van der Waals surface area contributed by atoms with Crippen LogP contribution < -0.4 is 14.8 Å². The van der Waals surface area contributed by atoms with E-state index in [1.165, 1.54) is 12.0 Å². The van der Waals surface area contributed by atoms with Gasteiger partial charge in [0.25, 0.3) is 0 Å². The number of hydrogen-bond donors (Lipinski definition) is 1. The van der Waals surface area contributed by atoms with Crippen LogP contribution in [0, 0.1) is 5.92 Å². The van der Waals surface area contributed by atoms with Crippen LogP contribution in [0.1, 0.15) is 45.7 Å². The van der Waals surface area contributed by atoms with Gasteiger partial charge in [-0.25, -0.2) is 0 Å². The van der Waals surface area contributed by atoms with E-state index in [0.29, 0.717) is 18.0 Å². The molecular formula is C16H27NO2. The third-order valence-corrected chi connectivity index (χ3v) is 3.27. The molecule has 3 nitrogen and oxygen atoms in total. The molecule has 0 heterocycles. The summed E-state index contributed by atoms with van der Waals surface area (Å²) in [5.74, 6) is 2.26. The molecule has 1 N–H and O–H groups in total. The number of methoxy groups -OCH3 is 2. The van der Waals surface area contributed by atoms with Gasteiger partial charge in [0.2, 0.25) is 0 Å². The highest BCUT2D eigenvalue weighted by atomic mass is 16.5. The van der Waals surface area contributed by atoms with Gasteiger partial charge in [0, 0.05) is 12.1 Å². The molecule has 2 unspecified atom stereocenters. The second-order valence-electron chi connectivity index (χ2n) is 5.53. The highest BCUT2D eigenvalue weighted by Gasteiger charge is 2.13. The Hall–Kier alpha value is -1.22. The van der Waals surface area contributed by atoms with Gasteiger partial charge in [-0.3, -0.25) is 0 Å². The van der Waals surface area contributed by atoms with Gasteiger partial charge in [-0.15, -0.1) is 0 Å². The average Bonchev–Trinajstić information content (AvgIpc) is 2.36. The zero-order chi connectivity index (χ0) is 14.4. The van der Waals surface area contributed by atoms with Crippen molar-refractivity contribution in [2.45, 2.75) is 46.2 Å². The molecule has 0 amide bonds. The van der Waals surface area contributed by atoms with Crippen LogP contribution in [0.5, 0.6) is 11.5 Å². The lowest BCUT2D eigenvalue weighted by Crippen LogP contribution is -2.30. The molecule has 0 bridgehead atoms. The SMILES string of the molecule is COc1ccc(C(C)NC(C)CC(C)C)cc1OC. The Kier molecular flexibility index (Phi) is 6.16. The third-order valence-electron chi connectivity index (χ3n) is 3.27. The van der Waals surface area contributed by atoms with E-state index in [2.05, 4.69) is 39.1 Å². The number of hydrogen-bond acceptors (Lipinski definition) is 3. The Labute approximate surface area is 117 Å². The van der Waals surface area contributed by atoms with Crippen LogP contribution in [0.3, 0.4) is 0 Å². The lowest BCUT2D eigenvalue weighted by atomic mass is 10.0. The molecule has 1 aromatic rings. The molecule has 2 atom stereocenters. The van der Waals surface area contributed by atoms with Gasteiger partial charge in [0.15, 0.2) is 11.5 Å². The van der Waals surface area contributed by atoms with Crippen LogP contribution in [0.25, 0.3) is 0 Å². The van der Waals surface area contributed by atoms with E-state index in [1.807, 2.05) is 12.1 Å². The summed E-state index contributed by atoms with van der Waals surface area (Å²) in [7, 11) is 3.32. The van der Waals surface area contributed by atoms with Crippen molar-refractivity contribution in [3.05, 3.63) is 23.8 Å². The minimum atomic E-state index is 0.300. The highest BCUT2D eigenvalue weighted by molar-refractivity contribution is 5.43. The smallest absolute Gasteiger partial charge is 0.161 e. The Morgan fingerprint density at radius 1 is 1.00 bits per heavy atom. The summed E-state index contributed by atoms with van der Waals surface area (Å²) in [6.45, 7) is 8.91. The quantitative estimate of drug-likeness (QED) is 0.813. The van der Waals surface area contributed by atoms with E-state index in [4.69, 9.17) is 9.47 Å². The van der Waals surface area contributed by atoms with E-state index in [9.17, 15) is 0 Å². The van der Waals surface area contributed by atoms with E-state index in [0.717, 1.165) is 11.5 Å². The van der Waals surface area contributed by atoms with E-state index in [1.54, 1.807) is 14.2 Å². The van der Waals surface area contributed by atoms with Gasteiger partial charge in [0.05, 0.1) is 14.2 Å². The molecule has 0 saturated heterocycles. The molecule has 0 fully saturated rings. The van der Waals surface area contributed by atoms with E-state index < -0.39 is 0 Å². The van der Waals surface area contributed by atoms with Crippen molar-refractivity contribution >= 4 is 0 Å². The number of benzene rings is 1. The lowest BCUT2D eigenvalue weighted by Gasteiger charge is -2.22. The minimum Gasteiger partial charge on any atom is -0.493 e. The number of ether oxygens (including phenoxy) is 2. The maximum Gasteiger partial charge on any atom is 0.161 e. The molecule has 0 aliphatic rings. The zero-order valence-electron chi connectivity index (χ0n) is 13.0. The standard InChI is InChI=1S/C16H27NO2/c1-11(2)9-12(3)17-13(4)14-7-8-15(18-5)16(10-14)19-6/h7-8,10-13,17H,9H2,1-6H3. The first kappa shape index (κ1) is 15.8. The van der Waals surface area contributed by atoms with Gasteiger partial charge in [0.1, 0.15) is 0 Å². The third kappa shape index (κ3) is 4.75. The second-order valence-corrected chi connectivity index (χ2v) is 5.53. The van der Waals surface area contributed by atoms with E-state index in [-0.39, 0.29) is 0 Å². The predicted molar refractivity (Wildman–Crippen MR) is 80.0 cm³/mol. The summed E-state index contributed by atoms with van der Waals surface area (Å²) >= 11 is 0. The maximum atomic E-state index is 5.34. The molecule has 3 heteroatoms. The van der Waals surface area contributed by atoms with Gasteiger partial charge >= 0.3 is 0 Å². The molecule has 0 aliphatic carbocycles. The topological polar surface area (TPSA) is 30.5 Å². The number of rotatable bonds is 7. The first-order valence-corrected chi connectivity index (χ1v) is 6.95. The van der Waals surface area contributed by atoms with Crippen molar-refractivity contribution in [3.63, 3.8) is 0 Å². The van der Waals surface area contributed by atoms with Crippen molar-refractivity contribution in [2.75, 3.05) is 14.2 Å². The van der Waals surface area contributed by atoms with Crippen LogP contribution in [-0.2, 0) is 0 Å². The van der Waals surface area contributed by atoms with Crippen molar-refractivity contribution in [3.8, 4) is 11.5 Å². The summed E-state index contributed by atoms with van der Waals surface area (Å²) in [4.78, 5) is 0. The summed E-state index contributed by atoms with van der Waals surface area (Å²) in [6, 6.07) is 6.88. The van der Waals surface area contributed by atoms with Crippen LogP contribution in [-0.4, -0.2) is 20.3 Å². The fourth-order valence-electron chi connectivity index (χ4n) is 2.42. The van der Waals surface area contributed by atoms with Crippen molar-refractivity contribution in [2.24, 2.45) is 5.92 Å². The zero-order valence-corrected chi connectivity index (χ0v) is 13.0. The Morgan fingerprint density at radius 3 is 2.16 bits per heavy atom. The van der Waals surface area contributed by atoms with Crippen LogP contribution in [0.4, 0.5) is 0 Å². The Bertz CT molecular complexity index is 390. The summed E-state index contributed by atoms with van der Waals surface area (Å²) < 4.78 is 10.6. The Balaban J connectivity index is 2.74. The summed E-state index contributed by atoms with van der Waals surface area (Å²) in [6.07, 6.45) is 1.18. The lowest BCUT2D eigenvalue weighted by molar-refractivity contribution is 0.353. The average molecular weight is 265 g/mol. The van der Waals surface area contributed by atoms with Crippen LogP contribution in [0.15, 0.2) is 18.2 Å². The molecule has 0 spiro atoms.